The number of aromatic nitrogens is 2. The number of hydrogen-bond donors (Lipinski definition) is 4. The summed E-state index contributed by atoms with van der Waals surface area (Å²) in [5, 5.41) is 8.57. The van der Waals surface area contributed by atoms with E-state index in [0.29, 0.717) is 12.4 Å². The Kier molecular flexibility index (Phi) is 1.95. The molecule has 0 bridgehead atoms. The average Bonchev–Trinajstić information content (AvgIpc) is 2.31. The number of rotatable bonds is 2. The molecule has 0 atom stereocenters. The van der Waals surface area contributed by atoms with Crippen LogP contribution in [0.25, 0.3) is 0 Å². The van der Waals surface area contributed by atoms with Crippen LogP contribution < -0.4 is 16.8 Å². The number of hydrogen-bond acceptors (Lipinski definition) is 3. The number of H-pyrrole nitrogens is 1. The van der Waals surface area contributed by atoms with Gasteiger partial charge in [-0.2, -0.15) is 5.10 Å². The molecule has 1 heterocycles. The van der Waals surface area contributed by atoms with Gasteiger partial charge < -0.3 is 16.8 Å². The number of nitrogens with zero attached hydrogens (tertiary/aromatic N) is 1. The fourth-order valence-electron chi connectivity index (χ4n) is 0.644. The molecule has 0 fully saturated rings. The fourth-order valence-corrected chi connectivity index (χ4v) is 0.644. The summed E-state index contributed by atoms with van der Waals surface area (Å²) >= 11 is 0. The second-order valence-corrected chi connectivity index (χ2v) is 2.03. The Balaban J connectivity index is 2.51. The summed E-state index contributed by atoms with van der Waals surface area (Å²) in [6.07, 6.45) is 1.53. The van der Waals surface area contributed by atoms with Gasteiger partial charge in [0, 0.05) is 12.1 Å². The highest BCUT2D eigenvalue weighted by atomic mass is 16.2. The number of nitrogens with one attached hydrogen (secondary N) is 2. The van der Waals surface area contributed by atoms with Crippen molar-refractivity contribution >= 4 is 11.8 Å². The van der Waals surface area contributed by atoms with Crippen LogP contribution in [0.4, 0.5) is 10.6 Å². The number of amides is 2. The number of carbonyl (C=O) groups is 1. The van der Waals surface area contributed by atoms with Crippen molar-refractivity contribution in [1.82, 2.24) is 15.5 Å². The normalized spacial score (nSPS) is 9.45. The fraction of sp³-hybridized carbons (Fsp3) is 0.200. The molecule has 0 spiro atoms. The Labute approximate surface area is 62.9 Å². The van der Waals surface area contributed by atoms with E-state index in [9.17, 15) is 4.79 Å². The molecule has 11 heavy (non-hydrogen) atoms. The van der Waals surface area contributed by atoms with Crippen molar-refractivity contribution in [2.24, 2.45) is 5.73 Å². The van der Waals surface area contributed by atoms with Gasteiger partial charge >= 0.3 is 6.03 Å². The third-order valence-corrected chi connectivity index (χ3v) is 1.20. The number of nitrogens with two attached hydrogens (primary N) is 2. The lowest BCUT2D eigenvalue weighted by atomic mass is 10.3. The molecule has 60 valence electrons. The van der Waals surface area contributed by atoms with Crippen LogP contribution in [0.5, 0.6) is 0 Å². The molecular weight excluding hydrogens is 146 g/mol. The standard InChI is InChI=1S/C5H9N5O/c6-4-3(2-9-10-4)1-8-5(7)11/h2H,1H2,(H3,6,9,10)(H3,7,8,11). The lowest BCUT2D eigenvalue weighted by Crippen LogP contribution is -2.28. The van der Waals surface area contributed by atoms with Gasteiger partial charge in [-0.1, -0.05) is 0 Å². The molecule has 1 aromatic heterocycles. The minimum Gasteiger partial charge on any atom is -0.384 e. The summed E-state index contributed by atoms with van der Waals surface area (Å²) in [5.74, 6) is 0.443. The van der Waals surface area contributed by atoms with Crippen LogP contribution in [0.1, 0.15) is 5.56 Å². The van der Waals surface area contributed by atoms with Crippen LogP contribution in [-0.4, -0.2) is 16.2 Å². The molecule has 0 aromatic carbocycles. The third-order valence-electron chi connectivity index (χ3n) is 1.20. The van der Waals surface area contributed by atoms with E-state index in [1.807, 2.05) is 0 Å². The molecule has 1 aromatic rings. The van der Waals surface area contributed by atoms with Gasteiger partial charge in [0.05, 0.1) is 6.20 Å². The van der Waals surface area contributed by atoms with E-state index in [4.69, 9.17) is 11.5 Å². The van der Waals surface area contributed by atoms with Crippen LogP contribution in [0.2, 0.25) is 0 Å². The van der Waals surface area contributed by atoms with Gasteiger partial charge in [0.25, 0.3) is 0 Å². The monoisotopic (exact) mass is 155 g/mol. The minimum absolute atomic E-state index is 0.303. The van der Waals surface area contributed by atoms with Crippen LogP contribution in [0.15, 0.2) is 6.20 Å². The van der Waals surface area contributed by atoms with Crippen LogP contribution in [-0.2, 0) is 6.54 Å². The summed E-state index contributed by atoms with van der Waals surface area (Å²) in [5.41, 5.74) is 11.0. The SMILES string of the molecule is NC(=O)NCc1cn[nH]c1N. The smallest absolute Gasteiger partial charge is 0.312 e. The van der Waals surface area contributed by atoms with E-state index < -0.39 is 6.03 Å². The highest BCUT2D eigenvalue weighted by Gasteiger charge is 2.00. The van der Waals surface area contributed by atoms with Crippen LogP contribution in [0, 0.1) is 0 Å². The van der Waals surface area contributed by atoms with Crippen molar-refractivity contribution in [1.29, 1.82) is 0 Å². The summed E-state index contributed by atoms with van der Waals surface area (Å²) in [6, 6.07) is -0.578. The van der Waals surface area contributed by atoms with Gasteiger partial charge in [-0.05, 0) is 0 Å². The number of urea groups is 1. The maximum absolute atomic E-state index is 10.2. The lowest BCUT2D eigenvalue weighted by molar-refractivity contribution is 0.248. The molecule has 0 aliphatic heterocycles. The Morgan fingerprint density at radius 2 is 2.55 bits per heavy atom. The number of primary amides is 1. The van der Waals surface area contributed by atoms with E-state index in [2.05, 4.69) is 15.5 Å². The summed E-state index contributed by atoms with van der Waals surface area (Å²) < 4.78 is 0. The molecule has 2 amide bonds. The second kappa shape index (κ2) is 2.91. The number of aromatic amines is 1. The predicted molar refractivity (Wildman–Crippen MR) is 39.4 cm³/mol. The number of nitrogen functional groups attached to an aromatic ring is 1. The van der Waals surface area contributed by atoms with Crippen LogP contribution >= 0.6 is 0 Å². The van der Waals surface area contributed by atoms with Crippen molar-refractivity contribution in [3.63, 3.8) is 0 Å². The molecule has 1 rings (SSSR count). The molecule has 0 saturated carbocycles. The molecule has 0 radical (unpaired) electrons. The van der Waals surface area contributed by atoms with Gasteiger partial charge in [-0.25, -0.2) is 4.79 Å². The number of carbonyl (C=O) groups excluding carboxylic acids is 1. The Morgan fingerprint density at radius 1 is 1.82 bits per heavy atom. The summed E-state index contributed by atoms with van der Waals surface area (Å²) in [6.45, 7) is 0.303. The molecular formula is C5H9N5O. The highest BCUT2D eigenvalue weighted by molar-refractivity contribution is 5.71. The van der Waals surface area contributed by atoms with E-state index in [0.717, 1.165) is 5.56 Å². The molecule has 0 unspecified atom stereocenters. The summed E-state index contributed by atoms with van der Waals surface area (Å²) in [7, 11) is 0. The Hall–Kier alpha value is -1.72. The van der Waals surface area contributed by atoms with Crippen molar-refractivity contribution in [3.05, 3.63) is 11.8 Å². The first-order chi connectivity index (χ1) is 5.20. The maximum atomic E-state index is 10.2. The largest absolute Gasteiger partial charge is 0.384 e. The zero-order valence-electron chi connectivity index (χ0n) is 5.79. The molecule has 6 N–H and O–H groups in total. The topological polar surface area (TPSA) is 110 Å². The third kappa shape index (κ3) is 1.85. The quantitative estimate of drug-likeness (QED) is 0.447. The molecule has 6 heteroatoms. The Morgan fingerprint density at radius 3 is 3.00 bits per heavy atom. The summed E-state index contributed by atoms with van der Waals surface area (Å²) in [4.78, 5) is 10.2. The molecule has 6 nitrogen and oxygen atoms in total. The van der Waals surface area contributed by atoms with Crippen molar-refractivity contribution < 1.29 is 4.79 Å². The van der Waals surface area contributed by atoms with Gasteiger partial charge in [0.1, 0.15) is 5.82 Å². The van der Waals surface area contributed by atoms with E-state index in [1.165, 1.54) is 6.20 Å². The maximum Gasteiger partial charge on any atom is 0.312 e. The van der Waals surface area contributed by atoms with Crippen molar-refractivity contribution in [2.75, 3.05) is 5.73 Å². The van der Waals surface area contributed by atoms with Crippen molar-refractivity contribution in [2.45, 2.75) is 6.54 Å². The van der Waals surface area contributed by atoms with Crippen molar-refractivity contribution in [3.8, 4) is 0 Å². The average molecular weight is 155 g/mol. The Bertz CT molecular complexity index is 255. The van der Waals surface area contributed by atoms with E-state index in [1.54, 1.807) is 0 Å². The van der Waals surface area contributed by atoms with Crippen LogP contribution in [0.3, 0.4) is 0 Å². The molecule has 0 aliphatic rings. The zero-order chi connectivity index (χ0) is 8.27. The van der Waals surface area contributed by atoms with Gasteiger partial charge in [-0.15, -0.1) is 0 Å². The van der Waals surface area contributed by atoms with Gasteiger partial charge in [0.15, 0.2) is 0 Å². The minimum atomic E-state index is -0.578. The first-order valence-corrected chi connectivity index (χ1v) is 3.01. The first-order valence-electron chi connectivity index (χ1n) is 3.01. The lowest BCUT2D eigenvalue weighted by Gasteiger charge is -1.98. The molecule has 0 saturated heterocycles. The zero-order valence-corrected chi connectivity index (χ0v) is 5.79. The van der Waals surface area contributed by atoms with E-state index in [-0.39, 0.29) is 0 Å². The van der Waals surface area contributed by atoms with E-state index >= 15 is 0 Å². The predicted octanol–water partition coefficient (Wildman–Crippen LogP) is -0.840. The highest BCUT2D eigenvalue weighted by Crippen LogP contribution is 2.03. The second-order valence-electron chi connectivity index (χ2n) is 2.03. The molecule has 0 aliphatic carbocycles. The van der Waals surface area contributed by atoms with Gasteiger partial charge in [0.2, 0.25) is 0 Å². The van der Waals surface area contributed by atoms with Gasteiger partial charge in [-0.3, -0.25) is 5.10 Å². The number of anilines is 1. The first kappa shape index (κ1) is 7.39.